The number of aromatic nitrogens is 2. The summed E-state index contributed by atoms with van der Waals surface area (Å²) in [5.74, 6) is -1.50. The molecule has 5 heteroatoms. The van der Waals surface area contributed by atoms with Crippen molar-refractivity contribution in [1.29, 1.82) is 0 Å². The first-order chi connectivity index (χ1) is 11.6. The molecule has 0 amide bonds. The maximum absolute atomic E-state index is 12.5. The molecule has 0 saturated carbocycles. The van der Waals surface area contributed by atoms with Crippen molar-refractivity contribution >= 4 is 5.97 Å². The van der Waals surface area contributed by atoms with Crippen molar-refractivity contribution in [3.63, 3.8) is 0 Å². The average Bonchev–Trinajstić information content (AvgIpc) is 2.62. The number of carbonyl (C=O) groups is 1. The molecule has 0 N–H and O–H groups in total. The van der Waals surface area contributed by atoms with E-state index in [1.807, 2.05) is 36.4 Å². The Labute approximate surface area is 138 Å². The van der Waals surface area contributed by atoms with E-state index < -0.39 is 11.5 Å². The van der Waals surface area contributed by atoms with Crippen molar-refractivity contribution in [1.82, 2.24) is 9.78 Å². The Kier molecular flexibility index (Phi) is 4.24. The molecule has 3 aromatic rings. The molecule has 24 heavy (non-hydrogen) atoms. The molecule has 3 rings (SSSR count). The summed E-state index contributed by atoms with van der Waals surface area (Å²) in [5, 5.41) is 16.1. The van der Waals surface area contributed by atoms with Gasteiger partial charge in [-0.15, -0.1) is 0 Å². The minimum atomic E-state index is -1.50. The van der Waals surface area contributed by atoms with Gasteiger partial charge in [-0.25, -0.2) is 4.68 Å². The van der Waals surface area contributed by atoms with Gasteiger partial charge in [0, 0.05) is 17.7 Å². The first-order valence-corrected chi connectivity index (χ1v) is 7.60. The average molecular weight is 319 g/mol. The lowest BCUT2D eigenvalue weighted by molar-refractivity contribution is -0.255. The third-order valence-electron chi connectivity index (χ3n) is 3.77. The Morgan fingerprint density at radius 2 is 1.54 bits per heavy atom. The van der Waals surface area contributed by atoms with E-state index in [9.17, 15) is 14.7 Å². The highest BCUT2D eigenvalue weighted by Crippen LogP contribution is 2.31. The standard InChI is InChI=1S/C19H16N2O3/c1-2-21-18(22)16(19(23)24)15(13-9-5-3-6-10-13)17(20-21)14-11-7-4-8-12-14/h3-12H,2H2,1H3,(H,23,24)/p-1. The number of hydrogen-bond donors (Lipinski definition) is 0. The summed E-state index contributed by atoms with van der Waals surface area (Å²) in [6.07, 6.45) is 0. The van der Waals surface area contributed by atoms with Gasteiger partial charge < -0.3 is 9.90 Å². The van der Waals surface area contributed by atoms with Crippen LogP contribution in [0.15, 0.2) is 65.5 Å². The van der Waals surface area contributed by atoms with Crippen LogP contribution in [0.1, 0.15) is 17.3 Å². The number of aryl methyl sites for hydroxylation is 1. The molecule has 0 spiro atoms. The van der Waals surface area contributed by atoms with Crippen LogP contribution in [0.3, 0.4) is 0 Å². The number of rotatable bonds is 4. The van der Waals surface area contributed by atoms with Crippen molar-refractivity contribution in [2.75, 3.05) is 0 Å². The monoisotopic (exact) mass is 319 g/mol. The molecule has 0 aliphatic carbocycles. The van der Waals surface area contributed by atoms with Gasteiger partial charge in [-0.05, 0) is 12.5 Å². The Morgan fingerprint density at radius 1 is 1.00 bits per heavy atom. The maximum Gasteiger partial charge on any atom is 0.276 e. The minimum Gasteiger partial charge on any atom is -0.545 e. The largest absolute Gasteiger partial charge is 0.545 e. The molecule has 0 aliphatic heterocycles. The highest BCUT2D eigenvalue weighted by Gasteiger charge is 2.20. The number of carbonyl (C=O) groups excluding carboxylic acids is 1. The summed E-state index contributed by atoms with van der Waals surface area (Å²) in [5.41, 5.74) is 1.07. The second-order valence-corrected chi connectivity index (χ2v) is 5.24. The van der Waals surface area contributed by atoms with Gasteiger partial charge >= 0.3 is 0 Å². The zero-order chi connectivity index (χ0) is 17.1. The van der Waals surface area contributed by atoms with Gasteiger partial charge in [0.15, 0.2) is 0 Å². The van der Waals surface area contributed by atoms with Crippen molar-refractivity contribution in [3.05, 3.63) is 76.6 Å². The molecule has 1 heterocycles. The van der Waals surface area contributed by atoms with E-state index in [-0.39, 0.29) is 17.7 Å². The lowest BCUT2D eigenvalue weighted by Gasteiger charge is -2.17. The Morgan fingerprint density at radius 3 is 2.04 bits per heavy atom. The number of hydrogen-bond acceptors (Lipinski definition) is 4. The fourth-order valence-corrected chi connectivity index (χ4v) is 2.66. The second-order valence-electron chi connectivity index (χ2n) is 5.24. The van der Waals surface area contributed by atoms with Crippen LogP contribution in [-0.4, -0.2) is 15.7 Å². The number of aromatic carboxylic acids is 1. The third kappa shape index (κ3) is 2.72. The molecule has 0 fully saturated rings. The van der Waals surface area contributed by atoms with Crippen molar-refractivity contribution in [2.45, 2.75) is 13.5 Å². The number of carboxylic acids is 1. The summed E-state index contributed by atoms with van der Waals surface area (Å²) < 4.78 is 1.15. The second kappa shape index (κ2) is 6.50. The predicted octanol–water partition coefficient (Wildman–Crippen LogP) is 1.96. The van der Waals surface area contributed by atoms with E-state index in [2.05, 4.69) is 5.10 Å². The fraction of sp³-hybridized carbons (Fsp3) is 0.105. The molecular weight excluding hydrogens is 304 g/mol. The zero-order valence-electron chi connectivity index (χ0n) is 13.1. The summed E-state index contributed by atoms with van der Waals surface area (Å²) in [6.45, 7) is 2.01. The Hall–Kier alpha value is -3.21. The van der Waals surface area contributed by atoms with E-state index in [4.69, 9.17) is 0 Å². The van der Waals surface area contributed by atoms with Gasteiger partial charge in [0.25, 0.3) is 5.56 Å². The third-order valence-corrected chi connectivity index (χ3v) is 3.77. The molecule has 0 unspecified atom stereocenters. The molecule has 5 nitrogen and oxygen atoms in total. The maximum atomic E-state index is 12.5. The van der Waals surface area contributed by atoms with Gasteiger partial charge in [-0.3, -0.25) is 4.79 Å². The molecule has 2 aromatic carbocycles. The van der Waals surface area contributed by atoms with E-state index in [1.54, 1.807) is 31.2 Å². The summed E-state index contributed by atoms with van der Waals surface area (Å²) in [6, 6.07) is 18.1. The number of carboxylic acid groups (broad SMARTS) is 1. The summed E-state index contributed by atoms with van der Waals surface area (Å²) in [4.78, 5) is 24.2. The molecule has 0 bridgehead atoms. The fourth-order valence-electron chi connectivity index (χ4n) is 2.66. The van der Waals surface area contributed by atoms with Crippen LogP contribution >= 0.6 is 0 Å². The van der Waals surface area contributed by atoms with Crippen LogP contribution in [0.25, 0.3) is 22.4 Å². The van der Waals surface area contributed by atoms with Crippen LogP contribution in [-0.2, 0) is 6.54 Å². The predicted molar refractivity (Wildman–Crippen MR) is 89.4 cm³/mol. The summed E-state index contributed by atoms with van der Waals surface area (Å²) >= 11 is 0. The quantitative estimate of drug-likeness (QED) is 0.737. The molecule has 0 aliphatic rings. The first kappa shape index (κ1) is 15.7. The minimum absolute atomic E-state index is 0.272. The van der Waals surface area contributed by atoms with Crippen molar-refractivity contribution in [3.8, 4) is 22.4 Å². The van der Waals surface area contributed by atoms with Gasteiger partial charge in [-0.2, -0.15) is 5.10 Å². The number of nitrogens with zero attached hydrogens (tertiary/aromatic N) is 2. The van der Waals surface area contributed by atoms with E-state index >= 15 is 0 Å². The Bertz CT molecular complexity index is 932. The lowest BCUT2D eigenvalue weighted by Crippen LogP contribution is -2.36. The van der Waals surface area contributed by atoms with E-state index in [0.717, 1.165) is 10.2 Å². The lowest BCUT2D eigenvalue weighted by atomic mass is 9.95. The van der Waals surface area contributed by atoms with Crippen LogP contribution < -0.4 is 10.7 Å². The van der Waals surface area contributed by atoms with Gasteiger partial charge in [0.2, 0.25) is 0 Å². The molecular formula is C19H15N2O3-. The topological polar surface area (TPSA) is 75.0 Å². The van der Waals surface area contributed by atoms with Crippen LogP contribution in [0.2, 0.25) is 0 Å². The SMILES string of the molecule is CCn1nc(-c2ccccc2)c(-c2ccccc2)c(C(=O)[O-])c1=O. The van der Waals surface area contributed by atoms with Crippen LogP contribution in [0, 0.1) is 0 Å². The highest BCUT2D eigenvalue weighted by atomic mass is 16.4. The van der Waals surface area contributed by atoms with Crippen molar-refractivity contribution < 1.29 is 9.90 Å². The normalized spacial score (nSPS) is 10.5. The zero-order valence-corrected chi connectivity index (χ0v) is 13.1. The Balaban J connectivity index is 2.46. The molecule has 0 atom stereocenters. The van der Waals surface area contributed by atoms with Gasteiger partial charge in [0.1, 0.15) is 0 Å². The molecule has 0 radical (unpaired) electrons. The molecule has 1 aromatic heterocycles. The van der Waals surface area contributed by atoms with Crippen LogP contribution in [0.4, 0.5) is 0 Å². The van der Waals surface area contributed by atoms with E-state index in [0.29, 0.717) is 11.3 Å². The van der Waals surface area contributed by atoms with E-state index in [1.165, 1.54) is 0 Å². The number of benzene rings is 2. The summed E-state index contributed by atoms with van der Waals surface area (Å²) in [7, 11) is 0. The molecule has 0 saturated heterocycles. The smallest absolute Gasteiger partial charge is 0.276 e. The van der Waals surface area contributed by atoms with Crippen LogP contribution in [0.5, 0.6) is 0 Å². The van der Waals surface area contributed by atoms with Crippen molar-refractivity contribution in [2.24, 2.45) is 0 Å². The first-order valence-electron chi connectivity index (χ1n) is 7.60. The van der Waals surface area contributed by atoms with Gasteiger partial charge in [-0.1, -0.05) is 60.7 Å². The van der Waals surface area contributed by atoms with Gasteiger partial charge in [0.05, 0.1) is 17.2 Å². The highest BCUT2D eigenvalue weighted by molar-refractivity contribution is 5.98. The molecule has 120 valence electrons.